The fourth-order valence-corrected chi connectivity index (χ4v) is 1.87. The Morgan fingerprint density at radius 3 is 2.14 bits per heavy atom. The van der Waals surface area contributed by atoms with E-state index in [-0.39, 0.29) is 36.5 Å². The zero-order valence-corrected chi connectivity index (χ0v) is 12.6. The van der Waals surface area contributed by atoms with Crippen molar-refractivity contribution in [1.29, 1.82) is 0 Å². The van der Waals surface area contributed by atoms with Crippen LogP contribution in [-0.2, 0) is 9.59 Å². The number of hydrogen-bond acceptors (Lipinski definition) is 3. The molecule has 0 aromatic heterocycles. The zero-order valence-electron chi connectivity index (χ0n) is 12.6. The molecule has 1 unspecified atom stereocenters. The summed E-state index contributed by atoms with van der Waals surface area (Å²) in [6.07, 6.45) is -0.0969. The maximum absolute atomic E-state index is 11.9. The fraction of sp³-hybridized carbons (Fsp3) is 0.438. The molecule has 0 radical (unpaired) electrons. The third kappa shape index (κ3) is 5.02. The summed E-state index contributed by atoms with van der Waals surface area (Å²) in [5.41, 5.74) is 1.43. The largest absolute Gasteiger partial charge is 0.481 e. The second-order valence-electron chi connectivity index (χ2n) is 5.30. The van der Waals surface area contributed by atoms with Gasteiger partial charge in [0.2, 0.25) is 5.91 Å². The van der Waals surface area contributed by atoms with Crippen LogP contribution in [0.4, 0.5) is 0 Å². The van der Waals surface area contributed by atoms with Gasteiger partial charge in [0.25, 0.3) is 0 Å². The minimum Gasteiger partial charge on any atom is -0.481 e. The molecule has 5 heteroatoms. The van der Waals surface area contributed by atoms with Crippen molar-refractivity contribution < 1.29 is 19.5 Å². The van der Waals surface area contributed by atoms with Crippen molar-refractivity contribution in [2.75, 3.05) is 6.54 Å². The fourth-order valence-electron chi connectivity index (χ4n) is 1.87. The van der Waals surface area contributed by atoms with Gasteiger partial charge in [-0.3, -0.25) is 14.4 Å². The van der Waals surface area contributed by atoms with Gasteiger partial charge in [-0.05, 0) is 12.5 Å². The molecule has 1 rings (SSSR count). The Hall–Kier alpha value is -2.17. The molecule has 1 amide bonds. The molecule has 0 aliphatic heterocycles. The Balaban J connectivity index is 2.66. The van der Waals surface area contributed by atoms with Gasteiger partial charge in [0.05, 0.1) is 12.3 Å². The molecule has 114 valence electrons. The Bertz CT molecular complexity index is 520. The van der Waals surface area contributed by atoms with Gasteiger partial charge in [-0.2, -0.15) is 0 Å². The third-order valence-corrected chi connectivity index (χ3v) is 3.25. The summed E-state index contributed by atoms with van der Waals surface area (Å²) < 4.78 is 0. The maximum atomic E-state index is 11.9. The van der Waals surface area contributed by atoms with E-state index in [1.807, 2.05) is 13.8 Å². The van der Waals surface area contributed by atoms with Crippen molar-refractivity contribution in [2.45, 2.75) is 33.1 Å². The lowest BCUT2D eigenvalue weighted by Crippen LogP contribution is -2.30. The van der Waals surface area contributed by atoms with Crippen LogP contribution in [0.3, 0.4) is 0 Å². The van der Waals surface area contributed by atoms with Crippen molar-refractivity contribution in [2.24, 2.45) is 5.92 Å². The number of hydrogen-bond donors (Lipinski definition) is 2. The molecular weight excluding hydrogens is 270 g/mol. The van der Waals surface area contributed by atoms with E-state index < -0.39 is 5.97 Å². The van der Waals surface area contributed by atoms with Crippen LogP contribution in [0.2, 0.25) is 0 Å². The number of amides is 1. The summed E-state index contributed by atoms with van der Waals surface area (Å²) in [6, 6.07) is 6.96. The first-order chi connectivity index (χ1) is 9.82. The minimum atomic E-state index is -0.945. The first-order valence-corrected chi connectivity index (χ1v) is 6.96. The topological polar surface area (TPSA) is 83.5 Å². The highest BCUT2D eigenvalue weighted by atomic mass is 16.4. The average Bonchev–Trinajstić information content (AvgIpc) is 2.45. The molecule has 2 N–H and O–H groups in total. The predicted molar refractivity (Wildman–Crippen MR) is 79.3 cm³/mol. The van der Waals surface area contributed by atoms with Gasteiger partial charge < -0.3 is 10.4 Å². The van der Waals surface area contributed by atoms with Gasteiger partial charge >= 0.3 is 5.97 Å². The van der Waals surface area contributed by atoms with Crippen LogP contribution >= 0.6 is 0 Å². The monoisotopic (exact) mass is 291 g/mol. The van der Waals surface area contributed by atoms with Gasteiger partial charge in [-0.1, -0.05) is 38.1 Å². The number of ketones is 1. The van der Waals surface area contributed by atoms with Gasteiger partial charge in [-0.25, -0.2) is 0 Å². The van der Waals surface area contributed by atoms with Gasteiger partial charge in [0, 0.05) is 18.0 Å². The first-order valence-electron chi connectivity index (χ1n) is 6.96. The van der Waals surface area contributed by atoms with Crippen molar-refractivity contribution in [3.63, 3.8) is 0 Å². The smallest absolute Gasteiger partial charge is 0.305 e. The van der Waals surface area contributed by atoms with Crippen LogP contribution < -0.4 is 5.32 Å². The molecule has 21 heavy (non-hydrogen) atoms. The predicted octanol–water partition coefficient (Wildman–Crippen LogP) is 2.22. The quantitative estimate of drug-likeness (QED) is 0.754. The lowest BCUT2D eigenvalue weighted by molar-refractivity contribution is -0.136. The number of Topliss-reactive ketones (excluding diaryl/α,β-unsaturated/α-hetero) is 1. The van der Waals surface area contributed by atoms with E-state index in [0.717, 1.165) is 5.56 Å². The van der Waals surface area contributed by atoms with Crippen molar-refractivity contribution >= 4 is 17.7 Å². The number of carboxylic acid groups (broad SMARTS) is 1. The molecule has 0 bridgehead atoms. The van der Waals surface area contributed by atoms with Crippen LogP contribution in [0, 0.1) is 5.92 Å². The lowest BCUT2D eigenvalue weighted by Gasteiger charge is -2.13. The Kier molecular flexibility index (Phi) is 6.09. The molecule has 0 aliphatic rings. The number of nitrogens with one attached hydrogen (secondary N) is 1. The second-order valence-corrected chi connectivity index (χ2v) is 5.30. The molecule has 5 nitrogen and oxygen atoms in total. The highest BCUT2D eigenvalue weighted by Gasteiger charge is 2.16. The Morgan fingerprint density at radius 1 is 1.10 bits per heavy atom. The van der Waals surface area contributed by atoms with Crippen LogP contribution in [-0.4, -0.2) is 29.3 Å². The van der Waals surface area contributed by atoms with E-state index in [4.69, 9.17) is 5.11 Å². The molecule has 0 fully saturated rings. The standard InChI is InChI=1S/C16H21NO4/c1-10(2)15(20)13-6-4-12(5-7-13)11(3)16(21)17-9-8-14(18)19/h4-7,10-11H,8-9H2,1-3H3,(H,17,21)(H,18,19). The van der Waals surface area contributed by atoms with Crippen molar-refractivity contribution in [3.05, 3.63) is 35.4 Å². The molecule has 0 saturated heterocycles. The second kappa shape index (κ2) is 7.57. The first kappa shape index (κ1) is 16.9. The minimum absolute atomic E-state index is 0.0624. The highest BCUT2D eigenvalue weighted by Crippen LogP contribution is 2.17. The number of carbonyl (C=O) groups is 3. The molecule has 0 spiro atoms. The van der Waals surface area contributed by atoms with Crippen LogP contribution in [0.1, 0.15) is 49.0 Å². The van der Waals surface area contributed by atoms with Crippen LogP contribution in [0.25, 0.3) is 0 Å². The van der Waals surface area contributed by atoms with Crippen LogP contribution in [0.15, 0.2) is 24.3 Å². The summed E-state index contributed by atoms with van der Waals surface area (Å²) in [4.78, 5) is 34.1. The molecule has 1 aromatic rings. The van der Waals surface area contributed by atoms with E-state index in [1.165, 1.54) is 0 Å². The van der Waals surface area contributed by atoms with E-state index in [1.54, 1.807) is 31.2 Å². The summed E-state index contributed by atoms with van der Waals surface area (Å²) in [7, 11) is 0. The van der Waals surface area contributed by atoms with E-state index >= 15 is 0 Å². The Morgan fingerprint density at radius 2 is 1.67 bits per heavy atom. The van der Waals surface area contributed by atoms with E-state index in [2.05, 4.69) is 5.32 Å². The molecular formula is C16H21NO4. The van der Waals surface area contributed by atoms with Gasteiger partial charge in [-0.15, -0.1) is 0 Å². The Labute approximate surface area is 124 Å². The van der Waals surface area contributed by atoms with E-state index in [9.17, 15) is 14.4 Å². The summed E-state index contributed by atoms with van der Waals surface area (Å²) >= 11 is 0. The van der Waals surface area contributed by atoms with Gasteiger partial charge in [0.1, 0.15) is 0 Å². The molecule has 0 saturated carbocycles. The molecule has 0 heterocycles. The molecule has 1 atom stereocenters. The zero-order chi connectivity index (χ0) is 16.0. The third-order valence-electron chi connectivity index (χ3n) is 3.25. The lowest BCUT2D eigenvalue weighted by atomic mass is 9.95. The number of benzene rings is 1. The average molecular weight is 291 g/mol. The number of rotatable bonds is 7. The van der Waals surface area contributed by atoms with Gasteiger partial charge in [0.15, 0.2) is 5.78 Å². The normalized spacial score (nSPS) is 12.0. The van der Waals surface area contributed by atoms with Crippen molar-refractivity contribution in [3.8, 4) is 0 Å². The molecule has 1 aromatic carbocycles. The van der Waals surface area contributed by atoms with Crippen molar-refractivity contribution in [1.82, 2.24) is 5.32 Å². The highest BCUT2D eigenvalue weighted by molar-refractivity contribution is 5.97. The number of carbonyl (C=O) groups excluding carboxylic acids is 2. The molecule has 0 aliphatic carbocycles. The van der Waals surface area contributed by atoms with Crippen LogP contribution in [0.5, 0.6) is 0 Å². The number of aliphatic carboxylic acids is 1. The van der Waals surface area contributed by atoms with E-state index in [0.29, 0.717) is 5.56 Å². The summed E-state index contributed by atoms with van der Waals surface area (Å²) in [6.45, 7) is 5.54. The summed E-state index contributed by atoms with van der Waals surface area (Å²) in [5.74, 6) is -1.55. The SMILES string of the molecule is CC(C)C(=O)c1ccc(C(C)C(=O)NCCC(=O)O)cc1. The summed E-state index contributed by atoms with van der Waals surface area (Å²) in [5, 5.41) is 11.1. The number of carboxylic acids is 1. The maximum Gasteiger partial charge on any atom is 0.305 e.